The van der Waals surface area contributed by atoms with Crippen LogP contribution in [-0.2, 0) is 7.05 Å². The molecule has 0 aliphatic carbocycles. The van der Waals surface area contributed by atoms with Crippen molar-refractivity contribution in [1.29, 1.82) is 0 Å². The standard InChI is InChI=1S/C24H20N2O7.C24H16N2O5.H2/c1-13-3-7-15(8-4-13)33-16-9-5-14(6-10-16)26-22(28)18-11-17(21(27)25-2)19(23(29)30)12-20(18)24(31)32;1-13-3-7-15(8-4-13)31-16-9-5-14(6-10-16)26-23(29)19-11-17-18(12-20(19)24(26)30)22(28)25(2)21(17)27;/h3-12H,1-2H3,(H,25,27)(H,26,28)(H,29,30)(H,31,32);3-12H,1-2H3;1H/i;;1+1. The summed E-state index contributed by atoms with van der Waals surface area (Å²) in [7, 11) is 2.66. The maximum absolute atomic E-state index is 12.9. The number of anilines is 1. The maximum atomic E-state index is 12.9. The number of nitrogens with zero attached hydrogens (tertiary/aromatic N) is 2. The summed E-state index contributed by atoms with van der Waals surface area (Å²) in [4.78, 5) is 98.4. The van der Waals surface area contributed by atoms with Gasteiger partial charge < -0.3 is 30.3 Å². The van der Waals surface area contributed by atoms with E-state index in [1.807, 2.05) is 62.4 Å². The predicted octanol–water partition coefficient (Wildman–Crippen LogP) is 6.58. The maximum Gasteiger partial charge on any atom is 0.336 e. The van der Waals surface area contributed by atoms with Gasteiger partial charge in [-0.1, -0.05) is 35.4 Å². The second-order valence-corrected chi connectivity index (χ2v) is 14.5. The molecule has 8 aromatic rings. The van der Waals surface area contributed by atoms with Gasteiger partial charge in [-0.05, 0) is 111 Å². The average molecular weight is 864 g/mol. The minimum Gasteiger partial charge on any atom is -0.478 e. The number of benzene rings is 6. The number of rotatable bonds is 10. The first kappa shape index (κ1) is 43.2. The minimum absolute atomic E-state index is 0. The molecule has 2 aromatic heterocycles. The highest BCUT2D eigenvalue weighted by Gasteiger charge is 2.26. The molecular formula is C48H38N4O12. The minimum atomic E-state index is -1.51. The molecule has 0 saturated heterocycles. The third kappa shape index (κ3) is 8.64. The van der Waals surface area contributed by atoms with Crippen LogP contribution in [0.3, 0.4) is 0 Å². The molecule has 6 aromatic carbocycles. The van der Waals surface area contributed by atoms with Crippen LogP contribution in [0.4, 0.5) is 5.69 Å². The first-order chi connectivity index (χ1) is 30.5. The number of nitrogens with one attached hydrogen (secondary N) is 2. The highest BCUT2D eigenvalue weighted by atomic mass is 16.5. The van der Waals surface area contributed by atoms with Gasteiger partial charge in [-0.15, -0.1) is 0 Å². The zero-order valence-corrected chi connectivity index (χ0v) is 34.4. The fourth-order valence-corrected chi connectivity index (χ4v) is 6.75. The smallest absolute Gasteiger partial charge is 0.336 e. The highest BCUT2D eigenvalue weighted by molar-refractivity contribution is 6.15. The summed E-state index contributed by atoms with van der Waals surface area (Å²) in [6.07, 6.45) is 0. The fraction of sp³-hybridized carbons (Fsp3) is 0.0833. The number of hydrogen-bond acceptors (Lipinski definition) is 10. The second kappa shape index (κ2) is 17.6. The van der Waals surface area contributed by atoms with E-state index in [4.69, 9.17) is 9.47 Å². The summed E-state index contributed by atoms with van der Waals surface area (Å²) >= 11 is 0. The number of hydrogen-bond donors (Lipinski definition) is 4. The van der Waals surface area contributed by atoms with Crippen LogP contribution in [0, 0.1) is 13.8 Å². The molecular weight excluding hydrogens is 825 g/mol. The van der Waals surface area contributed by atoms with Crippen molar-refractivity contribution in [2.24, 2.45) is 7.05 Å². The van der Waals surface area contributed by atoms with Crippen molar-refractivity contribution in [2.75, 3.05) is 12.4 Å². The summed E-state index contributed by atoms with van der Waals surface area (Å²) < 4.78 is 13.5. The van der Waals surface area contributed by atoms with E-state index in [1.54, 1.807) is 48.5 Å². The summed E-state index contributed by atoms with van der Waals surface area (Å²) in [6, 6.07) is 32.4. The zero-order valence-electron chi connectivity index (χ0n) is 34.4. The van der Waals surface area contributed by atoms with Gasteiger partial charge in [-0.2, -0.15) is 0 Å². The molecule has 0 fully saturated rings. The third-order valence-electron chi connectivity index (χ3n) is 10.2. The number of aromatic carboxylic acids is 2. The van der Waals surface area contributed by atoms with Gasteiger partial charge in [0.05, 0.1) is 49.5 Å². The first-order valence-corrected chi connectivity index (χ1v) is 19.3. The summed E-state index contributed by atoms with van der Waals surface area (Å²) in [6.45, 7) is 3.95. The van der Waals surface area contributed by atoms with Crippen molar-refractivity contribution in [3.8, 4) is 28.7 Å². The molecule has 0 atom stereocenters. The topological polar surface area (TPSA) is 229 Å². The molecule has 0 saturated carbocycles. The number of ether oxygens (including phenoxy) is 2. The van der Waals surface area contributed by atoms with Gasteiger partial charge in [-0.3, -0.25) is 33.3 Å². The molecule has 0 spiro atoms. The summed E-state index contributed by atoms with van der Waals surface area (Å²) in [5.41, 5.74) is -0.876. The quantitative estimate of drug-likeness (QED) is 0.114. The Morgan fingerprint density at radius 1 is 0.500 bits per heavy atom. The van der Waals surface area contributed by atoms with E-state index in [0.717, 1.165) is 32.4 Å². The molecule has 0 radical (unpaired) electrons. The van der Waals surface area contributed by atoms with Crippen molar-refractivity contribution in [3.63, 3.8) is 0 Å². The second-order valence-electron chi connectivity index (χ2n) is 14.5. The Morgan fingerprint density at radius 2 is 0.859 bits per heavy atom. The zero-order chi connectivity index (χ0) is 46.0. The van der Waals surface area contributed by atoms with Crippen molar-refractivity contribution in [2.45, 2.75) is 13.8 Å². The Morgan fingerprint density at radius 3 is 1.27 bits per heavy atom. The number of amides is 2. The Bertz CT molecular complexity index is 3290. The Balaban J connectivity index is 0.000000212. The molecule has 322 valence electrons. The van der Waals surface area contributed by atoms with Crippen LogP contribution in [0.5, 0.6) is 23.0 Å². The van der Waals surface area contributed by atoms with Crippen LogP contribution in [0.1, 0.15) is 54.0 Å². The molecule has 0 unspecified atom stereocenters. The van der Waals surface area contributed by atoms with E-state index in [0.29, 0.717) is 34.4 Å². The third-order valence-corrected chi connectivity index (χ3v) is 10.2. The van der Waals surface area contributed by atoms with Crippen LogP contribution in [0.25, 0.3) is 27.2 Å². The van der Waals surface area contributed by atoms with Crippen LogP contribution < -0.4 is 42.3 Å². The van der Waals surface area contributed by atoms with E-state index in [-0.39, 0.29) is 34.1 Å². The predicted molar refractivity (Wildman–Crippen MR) is 240 cm³/mol. The van der Waals surface area contributed by atoms with E-state index in [9.17, 15) is 48.6 Å². The number of carbonyl (C=O) groups excluding carboxylic acids is 2. The molecule has 0 bridgehead atoms. The Kier molecular flexibility index (Phi) is 11.9. The van der Waals surface area contributed by atoms with Crippen LogP contribution in [0.15, 0.2) is 141 Å². The van der Waals surface area contributed by atoms with Gasteiger partial charge in [-0.25, -0.2) is 14.2 Å². The largest absolute Gasteiger partial charge is 0.478 e. The molecule has 16 heteroatoms. The van der Waals surface area contributed by atoms with Crippen molar-refractivity contribution in [3.05, 3.63) is 196 Å². The van der Waals surface area contributed by atoms with Crippen LogP contribution in [0.2, 0.25) is 0 Å². The number of carboxylic acids is 2. The van der Waals surface area contributed by atoms with Crippen molar-refractivity contribution in [1.82, 2.24) is 14.5 Å². The van der Waals surface area contributed by atoms with E-state index < -0.39 is 57.1 Å². The number of aryl methyl sites for hydroxylation is 2. The Labute approximate surface area is 363 Å². The molecule has 16 nitrogen and oxygen atoms in total. The summed E-state index contributed by atoms with van der Waals surface area (Å²) in [5.74, 6) is -2.19. The molecule has 2 heterocycles. The lowest BCUT2D eigenvalue weighted by molar-refractivity contribution is 0.0689. The first-order valence-electron chi connectivity index (χ1n) is 19.3. The average Bonchev–Trinajstić information content (AvgIpc) is 3.66. The lowest BCUT2D eigenvalue weighted by atomic mass is 9.97. The molecule has 4 N–H and O–H groups in total. The fourth-order valence-electron chi connectivity index (χ4n) is 6.75. The molecule has 0 aliphatic rings. The molecule has 8 rings (SSSR count). The van der Waals surface area contributed by atoms with Gasteiger partial charge >= 0.3 is 11.9 Å². The number of carboxylic acid groups (broad SMARTS) is 2. The van der Waals surface area contributed by atoms with Crippen LogP contribution >= 0.6 is 0 Å². The van der Waals surface area contributed by atoms with Gasteiger partial charge in [0.1, 0.15) is 23.0 Å². The van der Waals surface area contributed by atoms with E-state index in [2.05, 4.69) is 10.6 Å². The monoisotopic (exact) mass is 863 g/mol. The van der Waals surface area contributed by atoms with E-state index >= 15 is 0 Å². The number of carbonyl (C=O) groups is 4. The van der Waals surface area contributed by atoms with Crippen molar-refractivity contribution >= 4 is 51.0 Å². The van der Waals surface area contributed by atoms with Crippen molar-refractivity contribution < 1.29 is 40.3 Å². The lowest BCUT2D eigenvalue weighted by Crippen LogP contribution is -2.24. The molecule has 2 amide bonds. The number of fused-ring (bicyclic) bond motifs is 2. The molecule has 0 aliphatic heterocycles. The SMILES string of the molecule is CNC(=O)c1cc(C(=O)Nc2ccc(Oc3ccc(C)cc3)cc2)c(C(=O)O)cc1C(=O)O.Cc1ccc(Oc2ccc(-n3c(=O)c4cc5c(=O)n(C)c(=O)c5cc4c3=O)cc2)cc1.[2HH]. The number of aromatic nitrogens is 2. The van der Waals surface area contributed by atoms with Gasteiger partial charge in [0.25, 0.3) is 34.1 Å². The van der Waals surface area contributed by atoms with E-state index in [1.165, 1.54) is 26.2 Å². The van der Waals surface area contributed by atoms with Gasteiger partial charge in [0.2, 0.25) is 0 Å². The molecule has 64 heavy (non-hydrogen) atoms. The van der Waals surface area contributed by atoms with Crippen LogP contribution in [-0.4, -0.2) is 50.1 Å². The Hall–Kier alpha value is -8.92. The summed E-state index contributed by atoms with van der Waals surface area (Å²) in [5, 5.41) is 24.1. The highest BCUT2D eigenvalue weighted by Crippen LogP contribution is 2.26. The lowest BCUT2D eigenvalue weighted by Gasteiger charge is -2.13. The van der Waals surface area contributed by atoms with Gasteiger partial charge in [0.15, 0.2) is 0 Å². The van der Waals surface area contributed by atoms with Gasteiger partial charge in [0, 0.05) is 21.2 Å². The normalized spacial score (nSPS) is 10.8.